The van der Waals surface area contributed by atoms with Gasteiger partial charge < -0.3 is 4.90 Å². The Morgan fingerprint density at radius 2 is 1.68 bits per heavy atom. The molecule has 0 fully saturated rings. The average molecular weight is 418 g/mol. The molecule has 0 atom stereocenters. The van der Waals surface area contributed by atoms with Crippen LogP contribution in [0, 0.1) is 0 Å². The number of hydrogen-bond donors (Lipinski definition) is 2. The van der Waals surface area contributed by atoms with Gasteiger partial charge in [-0.3, -0.25) is 10.1 Å². The number of anilines is 2. The molecule has 0 aliphatic rings. The monoisotopic (exact) mass is 417 g/mol. The lowest BCUT2D eigenvalue weighted by molar-refractivity contribution is 0.102. The molecule has 2 N–H and O–H groups in total. The highest BCUT2D eigenvalue weighted by molar-refractivity contribution is 7.91. The number of sulfonamides is 1. The second-order valence-corrected chi connectivity index (χ2v) is 8.77. The van der Waals surface area contributed by atoms with Crippen LogP contribution in [-0.4, -0.2) is 44.7 Å². The first-order chi connectivity index (χ1) is 13.5. The lowest BCUT2D eigenvalue weighted by Crippen LogP contribution is -2.33. The highest BCUT2D eigenvalue weighted by atomic mass is 32.2. The predicted molar refractivity (Wildman–Crippen MR) is 109 cm³/mol. The topological polar surface area (TPSA) is 104 Å². The SMILES string of the molecule is CN(CCNS(=O)(=O)c1nnc(NC(=O)c2ccccc2)s1)c1ccccc1. The van der Waals surface area contributed by atoms with Crippen molar-refractivity contribution in [1.29, 1.82) is 0 Å². The van der Waals surface area contributed by atoms with Gasteiger partial charge in [0.1, 0.15) is 0 Å². The van der Waals surface area contributed by atoms with Gasteiger partial charge in [-0.15, -0.1) is 10.2 Å². The smallest absolute Gasteiger partial charge is 0.269 e. The molecular formula is C18H19N5O3S2. The van der Waals surface area contributed by atoms with Gasteiger partial charge in [-0.1, -0.05) is 47.7 Å². The van der Waals surface area contributed by atoms with E-state index >= 15 is 0 Å². The maximum Gasteiger partial charge on any atom is 0.269 e. The van der Waals surface area contributed by atoms with E-state index in [1.54, 1.807) is 30.3 Å². The minimum Gasteiger partial charge on any atom is -0.373 e. The molecule has 0 spiro atoms. The zero-order valence-electron chi connectivity index (χ0n) is 15.1. The molecule has 10 heteroatoms. The molecule has 8 nitrogen and oxygen atoms in total. The van der Waals surface area contributed by atoms with Crippen LogP contribution in [-0.2, 0) is 10.0 Å². The van der Waals surface area contributed by atoms with E-state index in [1.165, 1.54) is 0 Å². The molecule has 0 aliphatic carbocycles. The minimum absolute atomic E-state index is 0.121. The Labute approximate surface area is 167 Å². The van der Waals surface area contributed by atoms with Gasteiger partial charge in [0.25, 0.3) is 15.9 Å². The quantitative estimate of drug-likeness (QED) is 0.545. The van der Waals surface area contributed by atoms with E-state index in [9.17, 15) is 13.2 Å². The molecule has 0 bridgehead atoms. The van der Waals surface area contributed by atoms with E-state index in [-0.39, 0.29) is 21.9 Å². The Morgan fingerprint density at radius 3 is 2.36 bits per heavy atom. The van der Waals surface area contributed by atoms with E-state index < -0.39 is 10.0 Å². The summed E-state index contributed by atoms with van der Waals surface area (Å²) in [6.07, 6.45) is 0. The summed E-state index contributed by atoms with van der Waals surface area (Å²) in [6.45, 7) is 0.693. The van der Waals surface area contributed by atoms with Crippen molar-refractivity contribution in [3.05, 3.63) is 66.2 Å². The fourth-order valence-corrected chi connectivity index (χ4v) is 4.31. The molecule has 1 amide bonds. The Morgan fingerprint density at radius 1 is 1.04 bits per heavy atom. The van der Waals surface area contributed by atoms with Gasteiger partial charge in [0.05, 0.1) is 0 Å². The Bertz CT molecular complexity index is 1020. The summed E-state index contributed by atoms with van der Waals surface area (Å²) >= 11 is 0.800. The highest BCUT2D eigenvalue weighted by Crippen LogP contribution is 2.20. The second-order valence-electron chi connectivity index (χ2n) is 5.85. The molecule has 0 saturated carbocycles. The first-order valence-corrected chi connectivity index (χ1v) is 10.7. The van der Waals surface area contributed by atoms with Gasteiger partial charge in [0.2, 0.25) is 9.47 Å². The molecule has 1 aromatic heterocycles. The van der Waals surface area contributed by atoms with Crippen molar-refractivity contribution >= 4 is 38.1 Å². The van der Waals surface area contributed by atoms with E-state index in [0.29, 0.717) is 12.1 Å². The molecule has 28 heavy (non-hydrogen) atoms. The lowest BCUT2D eigenvalue weighted by Gasteiger charge is -2.19. The lowest BCUT2D eigenvalue weighted by atomic mass is 10.2. The van der Waals surface area contributed by atoms with Gasteiger partial charge in [0, 0.05) is 31.4 Å². The first kappa shape index (κ1) is 19.9. The van der Waals surface area contributed by atoms with Crippen LogP contribution in [0.15, 0.2) is 65.0 Å². The number of nitrogens with zero attached hydrogens (tertiary/aromatic N) is 3. The van der Waals surface area contributed by atoms with E-state index in [2.05, 4.69) is 20.2 Å². The van der Waals surface area contributed by atoms with Gasteiger partial charge >= 0.3 is 0 Å². The third-order valence-electron chi connectivity index (χ3n) is 3.83. The van der Waals surface area contributed by atoms with Crippen LogP contribution in [0.25, 0.3) is 0 Å². The number of nitrogens with one attached hydrogen (secondary N) is 2. The predicted octanol–water partition coefficient (Wildman–Crippen LogP) is 2.21. The summed E-state index contributed by atoms with van der Waals surface area (Å²) in [5, 5.41) is 10.1. The van der Waals surface area contributed by atoms with E-state index in [4.69, 9.17) is 0 Å². The largest absolute Gasteiger partial charge is 0.373 e. The van der Waals surface area contributed by atoms with Crippen LogP contribution >= 0.6 is 11.3 Å². The summed E-state index contributed by atoms with van der Waals surface area (Å²) in [5.74, 6) is -0.377. The number of para-hydroxylation sites is 1. The first-order valence-electron chi connectivity index (χ1n) is 8.41. The number of hydrogen-bond acceptors (Lipinski definition) is 7. The third kappa shape index (κ3) is 5.12. The molecule has 0 radical (unpaired) electrons. The van der Waals surface area contributed by atoms with Crippen molar-refractivity contribution < 1.29 is 13.2 Å². The van der Waals surface area contributed by atoms with Crippen LogP contribution in [0.1, 0.15) is 10.4 Å². The third-order valence-corrected chi connectivity index (χ3v) is 6.50. The minimum atomic E-state index is -3.80. The number of carbonyl (C=O) groups excluding carboxylic acids is 1. The van der Waals surface area contributed by atoms with Crippen molar-refractivity contribution in [2.75, 3.05) is 30.4 Å². The van der Waals surface area contributed by atoms with E-state index in [1.807, 2.05) is 42.3 Å². The highest BCUT2D eigenvalue weighted by Gasteiger charge is 2.21. The molecule has 3 aromatic rings. The number of rotatable bonds is 8. The number of amides is 1. The van der Waals surface area contributed by atoms with E-state index in [0.717, 1.165) is 17.0 Å². The molecule has 1 heterocycles. The van der Waals surface area contributed by atoms with Crippen molar-refractivity contribution in [3.63, 3.8) is 0 Å². The fraction of sp³-hybridized carbons (Fsp3) is 0.167. The van der Waals surface area contributed by atoms with Crippen LogP contribution < -0.4 is 14.9 Å². The zero-order chi connectivity index (χ0) is 20.0. The van der Waals surface area contributed by atoms with Crippen LogP contribution in [0.4, 0.5) is 10.8 Å². The maximum absolute atomic E-state index is 12.4. The molecular weight excluding hydrogens is 398 g/mol. The summed E-state index contributed by atoms with van der Waals surface area (Å²) in [5.41, 5.74) is 1.44. The molecule has 0 saturated heterocycles. The van der Waals surface area contributed by atoms with Crippen molar-refractivity contribution in [2.45, 2.75) is 4.34 Å². The summed E-state index contributed by atoms with van der Waals surface area (Å²) in [7, 11) is -1.92. The van der Waals surface area contributed by atoms with Gasteiger partial charge in [0.15, 0.2) is 0 Å². The van der Waals surface area contributed by atoms with Crippen molar-refractivity contribution in [3.8, 4) is 0 Å². The van der Waals surface area contributed by atoms with Crippen molar-refractivity contribution in [1.82, 2.24) is 14.9 Å². The van der Waals surface area contributed by atoms with Gasteiger partial charge in [-0.05, 0) is 24.3 Å². The summed E-state index contributed by atoms with van der Waals surface area (Å²) in [6, 6.07) is 18.2. The Kier molecular flexibility index (Phi) is 6.34. The summed E-state index contributed by atoms with van der Waals surface area (Å²) in [4.78, 5) is 14.1. The number of benzene rings is 2. The maximum atomic E-state index is 12.4. The Hall–Kier alpha value is -2.82. The standard InChI is InChI=1S/C18H19N5O3S2/c1-23(15-10-6-3-7-11-15)13-12-19-28(25,26)18-22-21-17(27-18)20-16(24)14-8-4-2-5-9-14/h2-11,19H,12-13H2,1H3,(H,20,21,24). The van der Waals surface area contributed by atoms with Gasteiger partial charge in [-0.2, -0.15) is 0 Å². The van der Waals surface area contributed by atoms with Gasteiger partial charge in [-0.25, -0.2) is 13.1 Å². The molecule has 146 valence electrons. The normalized spacial score (nSPS) is 11.2. The number of carbonyl (C=O) groups is 1. The van der Waals surface area contributed by atoms with Crippen LogP contribution in [0.5, 0.6) is 0 Å². The molecule has 0 unspecified atom stereocenters. The molecule has 3 rings (SSSR count). The molecule has 2 aromatic carbocycles. The average Bonchev–Trinajstić information content (AvgIpc) is 3.18. The summed E-state index contributed by atoms with van der Waals surface area (Å²) < 4.78 is 27.1. The fourth-order valence-electron chi connectivity index (χ4n) is 2.35. The van der Waals surface area contributed by atoms with Crippen LogP contribution in [0.3, 0.4) is 0 Å². The Balaban J connectivity index is 1.56. The molecule has 0 aliphatic heterocycles. The zero-order valence-corrected chi connectivity index (χ0v) is 16.7. The number of aromatic nitrogens is 2. The van der Waals surface area contributed by atoms with Crippen molar-refractivity contribution in [2.24, 2.45) is 0 Å². The number of likely N-dealkylation sites (N-methyl/N-ethyl adjacent to an activating group) is 1. The second kappa shape index (κ2) is 8.91. The van der Waals surface area contributed by atoms with Crippen LogP contribution in [0.2, 0.25) is 0 Å².